The van der Waals surface area contributed by atoms with Crippen molar-refractivity contribution in [3.05, 3.63) is 63.9 Å². The zero-order chi connectivity index (χ0) is 13.8. The average Bonchev–Trinajstić information content (AvgIpc) is 2.42. The predicted octanol–water partition coefficient (Wildman–Crippen LogP) is 4.59. The van der Waals surface area contributed by atoms with Gasteiger partial charge in [-0.05, 0) is 41.6 Å². The molecule has 19 heavy (non-hydrogen) atoms. The lowest BCUT2D eigenvalue weighted by Crippen LogP contribution is -2.05. The largest absolute Gasteiger partial charge is 0.388 e. The van der Waals surface area contributed by atoms with Crippen LogP contribution in [-0.2, 0) is 6.42 Å². The van der Waals surface area contributed by atoms with Crippen molar-refractivity contribution in [2.75, 3.05) is 6.26 Å². The molecule has 100 valence electrons. The Bertz CT molecular complexity index is 574. The lowest BCUT2D eigenvalue weighted by Gasteiger charge is -2.15. The van der Waals surface area contributed by atoms with Crippen molar-refractivity contribution >= 4 is 27.7 Å². The Morgan fingerprint density at radius 2 is 2.00 bits per heavy atom. The lowest BCUT2D eigenvalue weighted by atomic mass is 10.0. The highest BCUT2D eigenvalue weighted by Crippen LogP contribution is 2.29. The summed E-state index contributed by atoms with van der Waals surface area (Å²) >= 11 is 4.90. The summed E-state index contributed by atoms with van der Waals surface area (Å²) in [4.78, 5) is 1.02. The second-order valence-corrected chi connectivity index (χ2v) is 5.96. The number of benzene rings is 2. The Kier molecular flexibility index (Phi) is 5.02. The van der Waals surface area contributed by atoms with E-state index in [-0.39, 0.29) is 12.2 Å². The van der Waals surface area contributed by atoms with Gasteiger partial charge in [-0.15, -0.1) is 11.8 Å². The number of hydrogen-bond acceptors (Lipinski definition) is 2. The van der Waals surface area contributed by atoms with Crippen molar-refractivity contribution in [3.63, 3.8) is 0 Å². The molecule has 0 saturated heterocycles. The van der Waals surface area contributed by atoms with E-state index in [1.54, 1.807) is 23.9 Å². The minimum Gasteiger partial charge on any atom is -0.388 e. The van der Waals surface area contributed by atoms with Crippen molar-refractivity contribution in [2.45, 2.75) is 17.4 Å². The van der Waals surface area contributed by atoms with E-state index >= 15 is 0 Å². The second-order valence-electron chi connectivity index (χ2n) is 4.20. The topological polar surface area (TPSA) is 20.2 Å². The van der Waals surface area contributed by atoms with Gasteiger partial charge in [-0.3, -0.25) is 0 Å². The van der Waals surface area contributed by atoms with Crippen molar-refractivity contribution in [1.29, 1.82) is 0 Å². The van der Waals surface area contributed by atoms with Crippen molar-refractivity contribution < 1.29 is 9.50 Å². The summed E-state index contributed by atoms with van der Waals surface area (Å²) in [5.74, 6) is -0.288. The van der Waals surface area contributed by atoms with Crippen molar-refractivity contribution in [3.8, 4) is 0 Å². The number of aliphatic hydroxyl groups excluding tert-OH is 1. The normalized spacial score (nSPS) is 12.4. The fourth-order valence-electron chi connectivity index (χ4n) is 1.96. The summed E-state index contributed by atoms with van der Waals surface area (Å²) < 4.78 is 14.5. The van der Waals surface area contributed by atoms with Crippen LogP contribution in [0, 0.1) is 5.82 Å². The Hall–Kier alpha value is -0.840. The first kappa shape index (κ1) is 14.6. The summed E-state index contributed by atoms with van der Waals surface area (Å²) in [5.41, 5.74) is 1.35. The number of rotatable bonds is 4. The molecule has 0 saturated carbocycles. The molecule has 0 aliphatic carbocycles. The zero-order valence-corrected chi connectivity index (χ0v) is 12.8. The maximum Gasteiger partial charge on any atom is 0.126 e. The molecular weight excluding hydrogens is 327 g/mol. The van der Waals surface area contributed by atoms with E-state index in [1.807, 2.05) is 30.5 Å². The van der Waals surface area contributed by atoms with E-state index in [1.165, 1.54) is 6.07 Å². The molecule has 1 atom stereocenters. The summed E-state index contributed by atoms with van der Waals surface area (Å²) in [6.07, 6.45) is 1.53. The Morgan fingerprint density at radius 1 is 1.26 bits per heavy atom. The number of thioether (sulfide) groups is 1. The minimum atomic E-state index is -0.701. The third-order valence-electron chi connectivity index (χ3n) is 2.92. The van der Waals surface area contributed by atoms with Crippen molar-refractivity contribution in [1.82, 2.24) is 0 Å². The molecule has 0 aliphatic heterocycles. The molecule has 0 heterocycles. The van der Waals surface area contributed by atoms with Crippen molar-refractivity contribution in [2.24, 2.45) is 0 Å². The highest BCUT2D eigenvalue weighted by Gasteiger charge is 2.14. The van der Waals surface area contributed by atoms with Crippen LogP contribution in [-0.4, -0.2) is 11.4 Å². The number of halogens is 2. The van der Waals surface area contributed by atoms with Crippen LogP contribution in [0.2, 0.25) is 0 Å². The maximum absolute atomic E-state index is 13.7. The quantitative estimate of drug-likeness (QED) is 0.821. The SMILES string of the molecule is CSc1ccccc1C(O)Cc1cc(Br)ccc1F. The van der Waals surface area contributed by atoms with Crippen LogP contribution in [0.25, 0.3) is 0 Å². The molecular formula is C15H14BrFOS. The van der Waals surface area contributed by atoms with E-state index in [9.17, 15) is 9.50 Å². The van der Waals surface area contributed by atoms with Crippen LogP contribution in [0.15, 0.2) is 51.8 Å². The van der Waals surface area contributed by atoms with Gasteiger partial charge in [0.1, 0.15) is 5.82 Å². The smallest absolute Gasteiger partial charge is 0.126 e. The van der Waals surface area contributed by atoms with Gasteiger partial charge >= 0.3 is 0 Å². The van der Waals surface area contributed by atoms with Gasteiger partial charge in [0.2, 0.25) is 0 Å². The molecule has 2 rings (SSSR count). The van der Waals surface area contributed by atoms with Gasteiger partial charge in [-0.25, -0.2) is 4.39 Å². The van der Waals surface area contributed by atoms with E-state index in [0.29, 0.717) is 5.56 Å². The molecule has 1 nitrogen and oxygen atoms in total. The maximum atomic E-state index is 13.7. The molecule has 2 aromatic carbocycles. The van der Waals surface area contributed by atoms with E-state index in [0.717, 1.165) is 14.9 Å². The minimum absolute atomic E-state index is 0.267. The van der Waals surface area contributed by atoms with Gasteiger partial charge in [0.25, 0.3) is 0 Å². The first-order chi connectivity index (χ1) is 9.11. The zero-order valence-electron chi connectivity index (χ0n) is 10.4. The molecule has 4 heteroatoms. The van der Waals surface area contributed by atoms with Gasteiger partial charge in [0.15, 0.2) is 0 Å². The van der Waals surface area contributed by atoms with Gasteiger partial charge in [0.05, 0.1) is 6.10 Å². The number of hydrogen-bond donors (Lipinski definition) is 1. The predicted molar refractivity (Wildman–Crippen MR) is 81.0 cm³/mol. The molecule has 0 bridgehead atoms. The molecule has 0 radical (unpaired) electrons. The first-order valence-electron chi connectivity index (χ1n) is 5.86. The van der Waals surface area contributed by atoms with Crippen LogP contribution >= 0.6 is 27.7 Å². The monoisotopic (exact) mass is 340 g/mol. The van der Waals surface area contributed by atoms with E-state index < -0.39 is 6.10 Å². The molecule has 2 aromatic rings. The fraction of sp³-hybridized carbons (Fsp3) is 0.200. The molecule has 0 spiro atoms. The van der Waals surface area contributed by atoms with Gasteiger partial charge < -0.3 is 5.11 Å². The van der Waals surface area contributed by atoms with Crippen LogP contribution < -0.4 is 0 Å². The van der Waals surface area contributed by atoms with Crippen LogP contribution in [0.4, 0.5) is 4.39 Å². The Morgan fingerprint density at radius 3 is 2.74 bits per heavy atom. The Balaban J connectivity index is 2.25. The van der Waals surface area contributed by atoms with Gasteiger partial charge in [-0.1, -0.05) is 34.1 Å². The van der Waals surface area contributed by atoms with Gasteiger partial charge in [0, 0.05) is 15.8 Å². The van der Waals surface area contributed by atoms with Crippen LogP contribution in [0.5, 0.6) is 0 Å². The van der Waals surface area contributed by atoms with E-state index in [4.69, 9.17) is 0 Å². The van der Waals surface area contributed by atoms with E-state index in [2.05, 4.69) is 15.9 Å². The second kappa shape index (κ2) is 6.55. The summed E-state index contributed by atoms with van der Waals surface area (Å²) in [5, 5.41) is 10.3. The lowest BCUT2D eigenvalue weighted by molar-refractivity contribution is 0.174. The highest BCUT2D eigenvalue weighted by atomic mass is 79.9. The van der Waals surface area contributed by atoms with Gasteiger partial charge in [-0.2, -0.15) is 0 Å². The molecule has 0 fully saturated rings. The van der Waals surface area contributed by atoms with Crippen LogP contribution in [0.1, 0.15) is 17.2 Å². The highest BCUT2D eigenvalue weighted by molar-refractivity contribution is 9.10. The molecule has 1 N–H and O–H groups in total. The molecule has 0 aliphatic rings. The third-order valence-corrected chi connectivity index (χ3v) is 4.22. The summed E-state index contributed by atoms with van der Waals surface area (Å²) in [6.45, 7) is 0. The average molecular weight is 341 g/mol. The summed E-state index contributed by atoms with van der Waals surface area (Å²) in [7, 11) is 0. The standard InChI is InChI=1S/C15H14BrFOS/c1-19-15-5-3-2-4-12(15)14(18)9-10-8-11(16)6-7-13(10)17/h2-8,14,18H,9H2,1H3. The molecule has 0 aromatic heterocycles. The van der Waals surface area contributed by atoms with Crippen LogP contribution in [0.3, 0.4) is 0 Å². The molecule has 1 unspecified atom stereocenters. The fourth-order valence-corrected chi connectivity index (χ4v) is 3.02. The molecule has 0 amide bonds. The Labute approximate surface area is 125 Å². The first-order valence-corrected chi connectivity index (χ1v) is 7.88. The summed E-state index contributed by atoms with van der Waals surface area (Å²) in [6, 6.07) is 12.4. The third kappa shape index (κ3) is 3.59. The number of aliphatic hydroxyl groups is 1.